The Bertz CT molecular complexity index is 1730. The molecule has 45 heavy (non-hydrogen) atoms. The molecule has 5 rings (SSSR count). The Labute approximate surface area is 262 Å². The number of carbonyl (C=O) groups excluding carboxylic acids is 2. The first-order chi connectivity index (χ1) is 22.0. The number of nitrogens with two attached hydrogens (primary N) is 1. The summed E-state index contributed by atoms with van der Waals surface area (Å²) in [5.74, 6) is 1.44. The molecule has 7 nitrogen and oxygen atoms in total. The number of anilines is 1. The molecule has 0 saturated heterocycles. The summed E-state index contributed by atoms with van der Waals surface area (Å²) in [6, 6.07) is 37.9. The summed E-state index contributed by atoms with van der Waals surface area (Å²) >= 11 is 0. The molecule has 5 aromatic carbocycles. The number of para-hydroxylation sites is 3. The van der Waals surface area contributed by atoms with Gasteiger partial charge in [-0.2, -0.15) is 0 Å². The van der Waals surface area contributed by atoms with Crippen LogP contribution in [0, 0.1) is 5.82 Å². The fourth-order valence-electron chi connectivity index (χ4n) is 4.69. The molecule has 228 valence electrons. The molecule has 0 radical (unpaired) electrons. The molecule has 0 aliphatic carbocycles. The Morgan fingerprint density at radius 1 is 0.689 bits per heavy atom. The summed E-state index contributed by atoms with van der Waals surface area (Å²) in [7, 11) is 0. The van der Waals surface area contributed by atoms with E-state index in [0.717, 1.165) is 16.9 Å². The van der Waals surface area contributed by atoms with Crippen molar-refractivity contribution in [1.82, 2.24) is 5.32 Å². The second-order valence-electron chi connectivity index (χ2n) is 10.3. The van der Waals surface area contributed by atoms with Crippen molar-refractivity contribution in [2.45, 2.75) is 32.5 Å². The molecule has 0 aromatic heterocycles. The van der Waals surface area contributed by atoms with Gasteiger partial charge >= 0.3 is 0 Å². The highest BCUT2D eigenvalue weighted by atomic mass is 19.1. The summed E-state index contributed by atoms with van der Waals surface area (Å²) in [6.45, 7) is 0.635. The average molecular weight is 604 g/mol. The zero-order valence-corrected chi connectivity index (χ0v) is 24.7. The third-order valence-electron chi connectivity index (χ3n) is 7.06. The fourth-order valence-corrected chi connectivity index (χ4v) is 4.69. The zero-order valence-electron chi connectivity index (χ0n) is 24.7. The standard InChI is InChI=1S/C37H34FN3O4/c38-33-14-5-4-10-29(33)25-40-36(42)21-22-37(43)41(26-27-17-19-31(20-18-27)44-30-11-2-1-3-12-30)34-15-6-7-16-35(34)45-32-13-8-9-28(23-32)24-39/h1-20,23H,21-22,24-26,39H2,(H,40,42). The van der Waals surface area contributed by atoms with Gasteiger partial charge < -0.3 is 25.4 Å². The summed E-state index contributed by atoms with van der Waals surface area (Å²) in [5.41, 5.74) is 8.52. The molecule has 5 aromatic rings. The monoisotopic (exact) mass is 603 g/mol. The van der Waals surface area contributed by atoms with Gasteiger partial charge in [-0.1, -0.05) is 72.8 Å². The second kappa shape index (κ2) is 15.3. The number of amides is 2. The smallest absolute Gasteiger partial charge is 0.227 e. The summed E-state index contributed by atoms with van der Waals surface area (Å²) in [6.07, 6.45) is -0.121. The Morgan fingerprint density at radius 2 is 1.38 bits per heavy atom. The van der Waals surface area contributed by atoms with Crippen LogP contribution in [-0.4, -0.2) is 11.8 Å². The minimum absolute atomic E-state index is 0.0410. The molecule has 0 unspecified atom stereocenters. The van der Waals surface area contributed by atoms with Gasteiger partial charge in [-0.05, 0) is 65.7 Å². The van der Waals surface area contributed by atoms with Crippen LogP contribution in [0.15, 0.2) is 127 Å². The van der Waals surface area contributed by atoms with Crippen molar-refractivity contribution in [3.8, 4) is 23.0 Å². The highest BCUT2D eigenvalue weighted by Crippen LogP contribution is 2.34. The van der Waals surface area contributed by atoms with E-state index in [0.29, 0.717) is 35.0 Å². The highest BCUT2D eigenvalue weighted by Gasteiger charge is 2.21. The molecular weight excluding hydrogens is 569 g/mol. The topological polar surface area (TPSA) is 93.9 Å². The van der Waals surface area contributed by atoms with E-state index in [9.17, 15) is 14.0 Å². The molecule has 0 aliphatic rings. The molecule has 0 fully saturated rings. The van der Waals surface area contributed by atoms with E-state index in [1.54, 1.807) is 29.2 Å². The van der Waals surface area contributed by atoms with Crippen molar-refractivity contribution < 1.29 is 23.5 Å². The van der Waals surface area contributed by atoms with Crippen LogP contribution in [0.1, 0.15) is 29.5 Å². The van der Waals surface area contributed by atoms with Crippen LogP contribution in [0.2, 0.25) is 0 Å². The number of hydrogen-bond acceptors (Lipinski definition) is 5. The van der Waals surface area contributed by atoms with Gasteiger partial charge in [0.25, 0.3) is 0 Å². The number of carbonyl (C=O) groups is 2. The van der Waals surface area contributed by atoms with Crippen LogP contribution in [-0.2, 0) is 29.2 Å². The second-order valence-corrected chi connectivity index (χ2v) is 10.3. The average Bonchev–Trinajstić information content (AvgIpc) is 3.07. The third-order valence-corrected chi connectivity index (χ3v) is 7.06. The predicted molar refractivity (Wildman–Crippen MR) is 172 cm³/mol. The van der Waals surface area contributed by atoms with Gasteiger partial charge in [0.15, 0.2) is 5.75 Å². The van der Waals surface area contributed by atoms with E-state index in [2.05, 4.69) is 5.32 Å². The molecule has 0 spiro atoms. The summed E-state index contributed by atoms with van der Waals surface area (Å²) in [5, 5.41) is 2.71. The molecular formula is C37H34FN3O4. The minimum Gasteiger partial charge on any atom is -0.457 e. The van der Waals surface area contributed by atoms with Crippen molar-refractivity contribution in [2.75, 3.05) is 4.90 Å². The number of nitrogens with one attached hydrogen (secondary N) is 1. The summed E-state index contributed by atoms with van der Waals surface area (Å²) in [4.78, 5) is 28.0. The van der Waals surface area contributed by atoms with Crippen LogP contribution in [0.5, 0.6) is 23.0 Å². The maximum atomic E-state index is 14.0. The first kappa shape index (κ1) is 31.0. The quantitative estimate of drug-likeness (QED) is 0.145. The molecule has 2 amide bonds. The summed E-state index contributed by atoms with van der Waals surface area (Å²) < 4.78 is 26.2. The molecule has 0 saturated carbocycles. The van der Waals surface area contributed by atoms with Gasteiger partial charge in [-0.25, -0.2) is 4.39 Å². The first-order valence-corrected chi connectivity index (χ1v) is 14.7. The Balaban J connectivity index is 1.34. The van der Waals surface area contributed by atoms with E-state index in [1.807, 2.05) is 97.1 Å². The van der Waals surface area contributed by atoms with Crippen LogP contribution in [0.4, 0.5) is 10.1 Å². The van der Waals surface area contributed by atoms with E-state index < -0.39 is 5.82 Å². The number of ether oxygens (including phenoxy) is 2. The van der Waals surface area contributed by atoms with E-state index >= 15 is 0 Å². The largest absolute Gasteiger partial charge is 0.457 e. The van der Waals surface area contributed by atoms with Gasteiger partial charge in [0.05, 0.1) is 12.2 Å². The molecule has 0 aliphatic heterocycles. The molecule has 0 bridgehead atoms. The van der Waals surface area contributed by atoms with Crippen molar-refractivity contribution in [2.24, 2.45) is 5.73 Å². The minimum atomic E-state index is -0.395. The van der Waals surface area contributed by atoms with E-state index in [4.69, 9.17) is 15.2 Å². The molecule has 0 atom stereocenters. The first-order valence-electron chi connectivity index (χ1n) is 14.7. The van der Waals surface area contributed by atoms with E-state index in [1.165, 1.54) is 6.07 Å². The molecule has 8 heteroatoms. The maximum absolute atomic E-state index is 14.0. The maximum Gasteiger partial charge on any atom is 0.227 e. The third kappa shape index (κ3) is 8.78. The van der Waals surface area contributed by atoms with Gasteiger partial charge in [0.1, 0.15) is 23.1 Å². The number of halogens is 1. The van der Waals surface area contributed by atoms with Gasteiger partial charge in [0, 0.05) is 31.5 Å². The normalized spacial score (nSPS) is 10.6. The lowest BCUT2D eigenvalue weighted by Crippen LogP contribution is -2.32. The predicted octanol–water partition coefficient (Wildman–Crippen LogP) is 7.50. The van der Waals surface area contributed by atoms with Crippen molar-refractivity contribution in [3.63, 3.8) is 0 Å². The van der Waals surface area contributed by atoms with Gasteiger partial charge in [-0.15, -0.1) is 0 Å². The molecule has 3 N–H and O–H groups in total. The number of nitrogens with zero attached hydrogens (tertiary/aromatic N) is 1. The van der Waals surface area contributed by atoms with Crippen molar-refractivity contribution >= 4 is 17.5 Å². The van der Waals surface area contributed by atoms with Crippen LogP contribution in [0.3, 0.4) is 0 Å². The highest BCUT2D eigenvalue weighted by molar-refractivity contribution is 5.96. The SMILES string of the molecule is NCc1cccc(Oc2ccccc2N(Cc2ccc(Oc3ccccc3)cc2)C(=O)CCC(=O)NCc2ccccc2F)c1. The lowest BCUT2D eigenvalue weighted by Gasteiger charge is -2.25. The fraction of sp³-hybridized carbons (Fsp3) is 0.135. The Hall–Kier alpha value is -5.47. The van der Waals surface area contributed by atoms with Crippen molar-refractivity contribution in [3.05, 3.63) is 150 Å². The van der Waals surface area contributed by atoms with Crippen LogP contribution >= 0.6 is 0 Å². The zero-order chi connectivity index (χ0) is 31.4. The van der Waals surface area contributed by atoms with E-state index in [-0.39, 0.29) is 37.7 Å². The van der Waals surface area contributed by atoms with Gasteiger partial charge in [0.2, 0.25) is 11.8 Å². The molecule has 0 heterocycles. The number of benzene rings is 5. The number of hydrogen-bond donors (Lipinski definition) is 2. The lowest BCUT2D eigenvalue weighted by molar-refractivity contribution is -0.125. The lowest BCUT2D eigenvalue weighted by atomic mass is 10.1. The van der Waals surface area contributed by atoms with Crippen LogP contribution in [0.25, 0.3) is 0 Å². The Morgan fingerprint density at radius 3 is 2.16 bits per heavy atom. The van der Waals surface area contributed by atoms with Crippen molar-refractivity contribution in [1.29, 1.82) is 0 Å². The number of rotatable bonds is 13. The van der Waals surface area contributed by atoms with Crippen LogP contribution < -0.4 is 25.4 Å². The van der Waals surface area contributed by atoms with Gasteiger partial charge in [-0.3, -0.25) is 9.59 Å². The Kier molecular flexibility index (Phi) is 10.5.